The maximum atomic E-state index is 13.0. The Hall–Kier alpha value is -1.35. The Balaban J connectivity index is 1.37. The van der Waals surface area contributed by atoms with Gasteiger partial charge in [0.1, 0.15) is 0 Å². The average molecular weight is 296 g/mol. The smallest absolute Gasteiger partial charge is 0.226 e. The van der Waals surface area contributed by atoms with Crippen molar-refractivity contribution in [3.63, 3.8) is 0 Å². The predicted molar refractivity (Wildman–Crippen MR) is 85.1 cm³/mol. The van der Waals surface area contributed by atoms with Gasteiger partial charge in [-0.1, -0.05) is 30.7 Å². The van der Waals surface area contributed by atoms with Crippen LogP contribution in [0, 0.1) is 23.7 Å². The van der Waals surface area contributed by atoms with Crippen LogP contribution < -0.4 is 5.73 Å². The van der Waals surface area contributed by atoms with Crippen LogP contribution in [0.4, 0.5) is 0 Å². The van der Waals surface area contributed by atoms with E-state index in [1.807, 2.05) is 0 Å². The maximum Gasteiger partial charge on any atom is 0.226 e. The van der Waals surface area contributed by atoms with Gasteiger partial charge < -0.3 is 10.6 Å². The molecule has 1 saturated heterocycles. The molecular weight excluding hydrogens is 272 g/mol. The standard InChI is InChI=1S/C19H24N2O/c20-18-14-4-2-1-3-13(14)16-9-21(10-17(16)18)19(22)15-8-11-5-6-12(15)7-11/h1-4,11-12,15-18H,5-10,20H2/t11-,12+,15?,16+,17+,18-/m1/s1. The number of hydrogen-bond donors (Lipinski definition) is 1. The van der Waals surface area contributed by atoms with Crippen molar-refractivity contribution >= 4 is 5.91 Å². The highest BCUT2D eigenvalue weighted by Crippen LogP contribution is 2.51. The van der Waals surface area contributed by atoms with Crippen LogP contribution in [0.15, 0.2) is 24.3 Å². The third-order valence-corrected chi connectivity index (χ3v) is 6.95. The molecule has 2 saturated carbocycles. The highest BCUT2D eigenvalue weighted by atomic mass is 16.2. The van der Waals surface area contributed by atoms with E-state index in [9.17, 15) is 4.79 Å². The van der Waals surface area contributed by atoms with Crippen LogP contribution in [0.3, 0.4) is 0 Å². The lowest BCUT2D eigenvalue weighted by Gasteiger charge is -2.27. The van der Waals surface area contributed by atoms with Crippen LogP contribution >= 0.6 is 0 Å². The van der Waals surface area contributed by atoms with Crippen molar-refractivity contribution in [1.82, 2.24) is 4.90 Å². The minimum absolute atomic E-state index is 0.110. The van der Waals surface area contributed by atoms with Crippen LogP contribution in [0.1, 0.15) is 48.8 Å². The summed E-state index contributed by atoms with van der Waals surface area (Å²) in [6.07, 6.45) is 5.10. The van der Waals surface area contributed by atoms with E-state index >= 15 is 0 Å². The zero-order valence-electron chi connectivity index (χ0n) is 12.9. The SMILES string of the molecule is N[C@@H]1c2ccccc2[C@@H]2CN(C(=O)C3C[C@@H]4CC[C@H]3C4)C[C@H]12. The second-order valence-corrected chi connectivity index (χ2v) is 7.95. The molecule has 1 aromatic rings. The number of fused-ring (bicyclic) bond motifs is 5. The number of nitrogens with two attached hydrogens (primary N) is 1. The Morgan fingerprint density at radius 3 is 2.64 bits per heavy atom. The van der Waals surface area contributed by atoms with Gasteiger partial charge in [0.25, 0.3) is 0 Å². The fourth-order valence-electron chi connectivity index (χ4n) is 5.87. The second-order valence-electron chi connectivity index (χ2n) is 7.95. The zero-order valence-corrected chi connectivity index (χ0v) is 12.9. The lowest BCUT2D eigenvalue weighted by molar-refractivity contribution is -0.136. The van der Waals surface area contributed by atoms with Gasteiger partial charge in [-0.3, -0.25) is 4.79 Å². The van der Waals surface area contributed by atoms with Crippen LogP contribution in [0.5, 0.6) is 0 Å². The Morgan fingerprint density at radius 2 is 1.91 bits per heavy atom. The molecule has 2 bridgehead atoms. The Morgan fingerprint density at radius 1 is 1.09 bits per heavy atom. The van der Waals surface area contributed by atoms with Gasteiger partial charge in [-0.2, -0.15) is 0 Å². The topological polar surface area (TPSA) is 46.3 Å². The monoisotopic (exact) mass is 296 g/mol. The first kappa shape index (κ1) is 13.1. The summed E-state index contributed by atoms with van der Waals surface area (Å²) in [5.74, 6) is 3.17. The van der Waals surface area contributed by atoms with Crippen molar-refractivity contribution in [2.24, 2.45) is 29.4 Å². The van der Waals surface area contributed by atoms with Crippen molar-refractivity contribution < 1.29 is 4.79 Å². The fraction of sp³-hybridized carbons (Fsp3) is 0.632. The summed E-state index contributed by atoms with van der Waals surface area (Å²) in [7, 11) is 0. The number of hydrogen-bond acceptors (Lipinski definition) is 2. The molecule has 1 amide bonds. The van der Waals surface area contributed by atoms with Crippen molar-refractivity contribution in [2.75, 3.05) is 13.1 Å². The summed E-state index contributed by atoms with van der Waals surface area (Å²) in [4.78, 5) is 15.1. The van der Waals surface area contributed by atoms with Crippen LogP contribution in [0.2, 0.25) is 0 Å². The second kappa shape index (κ2) is 4.58. The van der Waals surface area contributed by atoms with Gasteiger partial charge in [-0.15, -0.1) is 0 Å². The minimum Gasteiger partial charge on any atom is -0.341 e. The molecule has 1 heterocycles. The average Bonchev–Trinajstić information content (AvgIpc) is 3.29. The summed E-state index contributed by atoms with van der Waals surface area (Å²) >= 11 is 0. The molecule has 2 N–H and O–H groups in total. The molecule has 3 heteroatoms. The maximum absolute atomic E-state index is 13.0. The van der Waals surface area contributed by atoms with Crippen molar-refractivity contribution in [3.8, 4) is 0 Å². The largest absolute Gasteiger partial charge is 0.341 e. The first-order valence-corrected chi connectivity index (χ1v) is 8.85. The molecule has 3 nitrogen and oxygen atoms in total. The molecule has 0 spiro atoms. The zero-order chi connectivity index (χ0) is 14.8. The van der Waals surface area contributed by atoms with E-state index < -0.39 is 0 Å². The molecule has 0 radical (unpaired) electrons. The molecule has 1 aromatic carbocycles. The first-order valence-electron chi connectivity index (χ1n) is 8.85. The molecular formula is C19H24N2O. The Labute approximate surface area is 131 Å². The number of rotatable bonds is 1. The molecule has 0 aromatic heterocycles. The third-order valence-electron chi connectivity index (χ3n) is 6.95. The van der Waals surface area contributed by atoms with Crippen LogP contribution in [-0.2, 0) is 4.79 Å². The van der Waals surface area contributed by atoms with E-state index in [-0.39, 0.29) is 6.04 Å². The third kappa shape index (κ3) is 1.69. The van der Waals surface area contributed by atoms with Crippen LogP contribution in [-0.4, -0.2) is 23.9 Å². The molecule has 1 unspecified atom stereocenters. The quantitative estimate of drug-likeness (QED) is 0.866. The summed E-state index contributed by atoms with van der Waals surface area (Å²) in [5, 5.41) is 0. The molecule has 4 aliphatic rings. The van der Waals surface area contributed by atoms with E-state index in [0.29, 0.717) is 29.6 Å². The van der Waals surface area contributed by atoms with Gasteiger partial charge in [-0.05, 0) is 42.2 Å². The minimum atomic E-state index is 0.110. The summed E-state index contributed by atoms with van der Waals surface area (Å²) in [6, 6.07) is 8.68. The van der Waals surface area contributed by atoms with E-state index in [1.54, 1.807) is 0 Å². The molecule has 6 atom stereocenters. The number of likely N-dealkylation sites (tertiary alicyclic amines) is 1. The van der Waals surface area contributed by atoms with Gasteiger partial charge in [-0.25, -0.2) is 0 Å². The first-order chi connectivity index (χ1) is 10.7. The Bertz CT molecular complexity index is 628. The normalized spacial score (nSPS) is 41.8. The van der Waals surface area contributed by atoms with Gasteiger partial charge in [0.05, 0.1) is 0 Å². The lowest BCUT2D eigenvalue weighted by Crippen LogP contribution is -2.37. The van der Waals surface area contributed by atoms with E-state index in [4.69, 9.17) is 5.73 Å². The number of carbonyl (C=O) groups is 1. The lowest BCUT2D eigenvalue weighted by atomic mass is 9.88. The number of carbonyl (C=O) groups excluding carboxylic acids is 1. The van der Waals surface area contributed by atoms with E-state index in [1.165, 1.54) is 30.4 Å². The number of amides is 1. The van der Waals surface area contributed by atoms with E-state index in [2.05, 4.69) is 29.2 Å². The molecule has 116 valence electrons. The highest BCUT2D eigenvalue weighted by Gasteiger charge is 2.49. The highest BCUT2D eigenvalue weighted by molar-refractivity contribution is 5.80. The van der Waals surface area contributed by atoms with Crippen LogP contribution in [0.25, 0.3) is 0 Å². The predicted octanol–water partition coefficient (Wildman–Crippen LogP) is 2.68. The van der Waals surface area contributed by atoms with Crippen molar-refractivity contribution in [2.45, 2.75) is 37.6 Å². The summed E-state index contributed by atoms with van der Waals surface area (Å²) in [6.45, 7) is 1.76. The fourth-order valence-corrected chi connectivity index (χ4v) is 5.87. The van der Waals surface area contributed by atoms with Gasteiger partial charge in [0, 0.05) is 36.9 Å². The van der Waals surface area contributed by atoms with Crippen molar-refractivity contribution in [3.05, 3.63) is 35.4 Å². The Kier molecular flexibility index (Phi) is 2.73. The number of nitrogens with zero attached hydrogens (tertiary/aromatic N) is 1. The molecule has 22 heavy (non-hydrogen) atoms. The van der Waals surface area contributed by atoms with Gasteiger partial charge >= 0.3 is 0 Å². The molecule has 1 aliphatic heterocycles. The van der Waals surface area contributed by atoms with Gasteiger partial charge in [0.2, 0.25) is 5.91 Å². The molecule has 3 aliphatic carbocycles. The number of benzene rings is 1. The summed E-state index contributed by atoms with van der Waals surface area (Å²) in [5.41, 5.74) is 9.17. The summed E-state index contributed by atoms with van der Waals surface area (Å²) < 4.78 is 0. The van der Waals surface area contributed by atoms with Crippen molar-refractivity contribution in [1.29, 1.82) is 0 Å². The molecule has 3 fully saturated rings. The van der Waals surface area contributed by atoms with Gasteiger partial charge in [0.15, 0.2) is 0 Å². The molecule has 5 rings (SSSR count). The van der Waals surface area contributed by atoms with E-state index in [0.717, 1.165) is 25.4 Å².